The number of nitro groups is 1. The largest absolute Gasteiger partial charge is 0.360 e. The number of non-ortho nitro benzene ring substituents is 1. The first-order valence-electron chi connectivity index (χ1n) is 7.40. The van der Waals surface area contributed by atoms with Gasteiger partial charge in [0.2, 0.25) is 0 Å². The second-order valence-electron chi connectivity index (χ2n) is 5.39. The summed E-state index contributed by atoms with van der Waals surface area (Å²) in [5, 5.41) is 25.4. The fraction of sp³-hybridized carbons (Fsp3) is 0.111. The average molecular weight is 336 g/mol. The maximum absolute atomic E-state index is 12.2. The molecule has 2 aromatic carbocycles. The van der Waals surface area contributed by atoms with Gasteiger partial charge in [0.15, 0.2) is 0 Å². The molecule has 1 amide bonds. The van der Waals surface area contributed by atoms with Crippen LogP contribution in [0.5, 0.6) is 0 Å². The van der Waals surface area contributed by atoms with Crippen molar-refractivity contribution in [1.82, 2.24) is 0 Å². The Hall–Kier alpha value is -3.66. The first-order chi connectivity index (χ1) is 11.9. The second kappa shape index (κ2) is 7.75. The molecule has 126 valence electrons. The van der Waals surface area contributed by atoms with Gasteiger partial charge in [0, 0.05) is 29.7 Å². The zero-order chi connectivity index (χ0) is 18.4. The fourth-order valence-electron chi connectivity index (χ4n) is 2.09. The van der Waals surface area contributed by atoms with Crippen LogP contribution in [-0.4, -0.2) is 10.8 Å². The summed E-state index contributed by atoms with van der Waals surface area (Å²) in [6.45, 7) is 3.85. The zero-order valence-corrected chi connectivity index (χ0v) is 13.7. The number of rotatable bonds is 5. The summed E-state index contributed by atoms with van der Waals surface area (Å²) in [5.74, 6) is -0.652. The SMILES string of the molecule is Cc1ccc(C)c(N/C=C(/C#N)C(=O)Nc2cccc([N+](=O)[O-])c2)c1. The number of carbonyl (C=O) groups excluding carboxylic acids is 1. The van der Waals surface area contributed by atoms with Crippen molar-refractivity contribution in [2.75, 3.05) is 10.6 Å². The number of nitrogens with zero attached hydrogens (tertiary/aromatic N) is 2. The van der Waals surface area contributed by atoms with Crippen LogP contribution in [0.4, 0.5) is 17.1 Å². The average Bonchev–Trinajstić information content (AvgIpc) is 2.58. The summed E-state index contributed by atoms with van der Waals surface area (Å²) in [6.07, 6.45) is 1.31. The van der Waals surface area contributed by atoms with Crippen molar-refractivity contribution in [1.29, 1.82) is 5.26 Å². The summed E-state index contributed by atoms with van der Waals surface area (Å²) in [6, 6.07) is 13.1. The van der Waals surface area contributed by atoms with Crippen molar-refractivity contribution in [2.45, 2.75) is 13.8 Å². The maximum atomic E-state index is 12.2. The molecule has 0 aliphatic heterocycles. The highest BCUT2D eigenvalue weighted by Gasteiger charge is 2.12. The maximum Gasteiger partial charge on any atom is 0.271 e. The van der Waals surface area contributed by atoms with E-state index in [0.717, 1.165) is 16.8 Å². The molecule has 0 aromatic heterocycles. The standard InChI is InChI=1S/C18H16N4O3/c1-12-6-7-13(2)17(8-12)20-11-14(10-19)18(23)21-15-4-3-5-16(9-15)22(24)25/h3-9,11,20H,1-2H3,(H,21,23)/b14-11-. The van der Waals surface area contributed by atoms with Gasteiger partial charge in [-0.05, 0) is 37.1 Å². The van der Waals surface area contributed by atoms with Gasteiger partial charge in [0.1, 0.15) is 11.6 Å². The van der Waals surface area contributed by atoms with Crippen molar-refractivity contribution in [3.05, 3.63) is 75.5 Å². The number of anilines is 2. The van der Waals surface area contributed by atoms with Crippen molar-refractivity contribution >= 4 is 23.0 Å². The third kappa shape index (κ3) is 4.65. The molecule has 0 heterocycles. The van der Waals surface area contributed by atoms with Gasteiger partial charge in [-0.1, -0.05) is 18.2 Å². The highest BCUT2D eigenvalue weighted by molar-refractivity contribution is 6.06. The fourth-order valence-corrected chi connectivity index (χ4v) is 2.09. The lowest BCUT2D eigenvalue weighted by Gasteiger charge is -2.08. The smallest absolute Gasteiger partial charge is 0.271 e. The van der Waals surface area contributed by atoms with E-state index in [-0.39, 0.29) is 16.9 Å². The van der Waals surface area contributed by atoms with Gasteiger partial charge in [0.05, 0.1) is 4.92 Å². The quantitative estimate of drug-likeness (QED) is 0.375. The third-order valence-corrected chi connectivity index (χ3v) is 3.44. The number of nitriles is 1. The number of carbonyl (C=O) groups is 1. The number of aryl methyl sites for hydroxylation is 2. The van der Waals surface area contributed by atoms with Gasteiger partial charge in [-0.25, -0.2) is 0 Å². The number of hydrogen-bond donors (Lipinski definition) is 2. The molecule has 2 rings (SSSR count). The Bertz CT molecular complexity index is 897. The van der Waals surface area contributed by atoms with Gasteiger partial charge >= 0.3 is 0 Å². The Morgan fingerprint density at radius 1 is 1.24 bits per heavy atom. The van der Waals surface area contributed by atoms with E-state index in [1.54, 1.807) is 0 Å². The molecule has 7 heteroatoms. The molecule has 0 aliphatic rings. The van der Waals surface area contributed by atoms with Gasteiger partial charge in [-0.2, -0.15) is 5.26 Å². The molecule has 25 heavy (non-hydrogen) atoms. The minimum absolute atomic E-state index is 0.145. The lowest BCUT2D eigenvalue weighted by Crippen LogP contribution is -2.14. The molecule has 0 atom stereocenters. The van der Waals surface area contributed by atoms with E-state index in [2.05, 4.69) is 10.6 Å². The monoisotopic (exact) mass is 336 g/mol. The van der Waals surface area contributed by atoms with E-state index in [4.69, 9.17) is 0 Å². The Morgan fingerprint density at radius 3 is 2.68 bits per heavy atom. The highest BCUT2D eigenvalue weighted by atomic mass is 16.6. The predicted molar refractivity (Wildman–Crippen MR) is 95.0 cm³/mol. The molecule has 0 radical (unpaired) electrons. The van der Waals surface area contributed by atoms with Crippen LogP contribution >= 0.6 is 0 Å². The van der Waals surface area contributed by atoms with Crippen LogP contribution in [-0.2, 0) is 4.79 Å². The summed E-state index contributed by atoms with van der Waals surface area (Å²) in [7, 11) is 0. The van der Waals surface area contributed by atoms with E-state index in [0.29, 0.717) is 0 Å². The van der Waals surface area contributed by atoms with Crippen molar-refractivity contribution < 1.29 is 9.72 Å². The summed E-state index contributed by atoms with van der Waals surface area (Å²) in [4.78, 5) is 22.4. The molecule has 0 unspecified atom stereocenters. The van der Waals surface area contributed by atoms with E-state index in [9.17, 15) is 20.2 Å². The molecule has 0 fully saturated rings. The van der Waals surface area contributed by atoms with Crippen LogP contribution in [0, 0.1) is 35.3 Å². The molecular weight excluding hydrogens is 320 g/mol. The Morgan fingerprint density at radius 2 is 2.00 bits per heavy atom. The molecule has 7 nitrogen and oxygen atoms in total. The second-order valence-corrected chi connectivity index (χ2v) is 5.39. The molecule has 0 aliphatic carbocycles. The normalized spacial score (nSPS) is 10.7. The first-order valence-corrected chi connectivity index (χ1v) is 7.40. The number of nitrogens with one attached hydrogen (secondary N) is 2. The van der Waals surface area contributed by atoms with E-state index in [1.807, 2.05) is 38.1 Å². The van der Waals surface area contributed by atoms with Crippen LogP contribution in [0.3, 0.4) is 0 Å². The molecule has 2 aromatic rings. The summed E-state index contributed by atoms with van der Waals surface area (Å²) < 4.78 is 0. The van der Waals surface area contributed by atoms with Crippen molar-refractivity contribution in [2.24, 2.45) is 0 Å². The van der Waals surface area contributed by atoms with Crippen LogP contribution in [0.1, 0.15) is 11.1 Å². The zero-order valence-electron chi connectivity index (χ0n) is 13.7. The molecule has 0 saturated carbocycles. The molecular formula is C18H16N4O3. The van der Waals surface area contributed by atoms with Crippen molar-refractivity contribution in [3.63, 3.8) is 0 Å². The summed E-state index contributed by atoms with van der Waals surface area (Å²) >= 11 is 0. The Balaban J connectivity index is 2.15. The van der Waals surface area contributed by atoms with Crippen LogP contribution < -0.4 is 10.6 Å². The van der Waals surface area contributed by atoms with Gasteiger partial charge in [0.25, 0.3) is 11.6 Å². The van der Waals surface area contributed by atoms with Gasteiger partial charge in [-0.3, -0.25) is 14.9 Å². The van der Waals surface area contributed by atoms with Crippen molar-refractivity contribution in [3.8, 4) is 6.07 Å². The van der Waals surface area contributed by atoms with Crippen LogP contribution in [0.2, 0.25) is 0 Å². The van der Waals surface area contributed by atoms with Crippen LogP contribution in [0.15, 0.2) is 54.2 Å². The molecule has 0 bridgehead atoms. The predicted octanol–water partition coefficient (Wildman–Crippen LogP) is 3.67. The Labute approximate surface area is 144 Å². The molecule has 0 spiro atoms. The minimum Gasteiger partial charge on any atom is -0.360 e. The van der Waals surface area contributed by atoms with Gasteiger partial charge < -0.3 is 10.6 Å². The molecule has 2 N–H and O–H groups in total. The third-order valence-electron chi connectivity index (χ3n) is 3.44. The lowest BCUT2D eigenvalue weighted by molar-refractivity contribution is -0.384. The van der Waals surface area contributed by atoms with E-state index >= 15 is 0 Å². The molecule has 0 saturated heterocycles. The van der Waals surface area contributed by atoms with E-state index in [1.165, 1.54) is 30.5 Å². The number of amides is 1. The first kappa shape index (κ1) is 17.7. The summed E-state index contributed by atoms with van der Waals surface area (Å²) in [5.41, 5.74) is 2.75. The van der Waals surface area contributed by atoms with Crippen LogP contribution in [0.25, 0.3) is 0 Å². The minimum atomic E-state index is -0.652. The van der Waals surface area contributed by atoms with E-state index < -0.39 is 10.8 Å². The lowest BCUT2D eigenvalue weighted by atomic mass is 10.1. The van der Waals surface area contributed by atoms with Gasteiger partial charge in [-0.15, -0.1) is 0 Å². The number of benzene rings is 2. The highest BCUT2D eigenvalue weighted by Crippen LogP contribution is 2.19. The number of hydrogen-bond acceptors (Lipinski definition) is 5. The topological polar surface area (TPSA) is 108 Å². The Kier molecular flexibility index (Phi) is 5.48. The number of nitro benzene ring substituents is 1.